The first-order valence-electron chi connectivity index (χ1n) is 6.79. The van der Waals surface area contributed by atoms with Gasteiger partial charge in [0.15, 0.2) is 0 Å². The highest BCUT2D eigenvalue weighted by Gasteiger charge is 1.97. The second kappa shape index (κ2) is 26.2. The Kier molecular flexibility index (Phi) is 32.6. The van der Waals surface area contributed by atoms with Crippen LogP contribution in [0.3, 0.4) is 0 Å². The Morgan fingerprint density at radius 2 is 1.95 bits per heavy atom. The van der Waals surface area contributed by atoms with Gasteiger partial charge < -0.3 is 5.32 Å². The van der Waals surface area contributed by atoms with Crippen LogP contribution in [-0.4, -0.2) is 30.8 Å². The van der Waals surface area contributed by atoms with E-state index < -0.39 is 0 Å². The number of amides is 1. The maximum Gasteiger partial charge on any atom is 0.220 e. The normalized spacial score (nSPS) is 9.58. The van der Waals surface area contributed by atoms with Crippen LogP contribution >= 0.6 is 21.6 Å². The van der Waals surface area contributed by atoms with Crippen LogP contribution in [0.1, 0.15) is 47.5 Å². The number of carbonyl (C=O) groups excluding carboxylic acids is 1. The Hall–Kier alpha value is -0.420. The van der Waals surface area contributed by atoms with Crippen molar-refractivity contribution in [1.29, 1.82) is 0 Å². The van der Waals surface area contributed by atoms with Gasteiger partial charge >= 0.3 is 0 Å². The molecule has 0 aliphatic heterocycles. The van der Waals surface area contributed by atoms with Crippen molar-refractivity contribution in [3.05, 3.63) is 12.2 Å². The summed E-state index contributed by atoms with van der Waals surface area (Å²) in [5.41, 5.74) is 1.77. The Bertz CT molecular complexity index is 219. The molecule has 0 bridgehead atoms. The van der Waals surface area contributed by atoms with Gasteiger partial charge in [0, 0.05) is 25.8 Å². The van der Waals surface area contributed by atoms with Gasteiger partial charge in [-0.2, -0.15) is 0 Å². The standard InChI is InChI=1S/C7H14N2OS2.C5H10.C2H6/c1-3-9-7(10)4-5-11-12-6-8-2;1-3-5-4-2;1-2/h6H,3-5H2,1-2H3,(H,9,10);3,5H,4H2,1-2H3;1-2H3/b;5-3-;. The van der Waals surface area contributed by atoms with Gasteiger partial charge in [-0.25, -0.2) is 0 Å². The molecule has 1 N–H and O–H groups in total. The zero-order chi connectivity index (χ0) is 15.4. The van der Waals surface area contributed by atoms with Crippen LogP contribution in [0.15, 0.2) is 17.1 Å². The quantitative estimate of drug-likeness (QED) is 0.247. The number of nitrogens with one attached hydrogen (secondary N) is 1. The third-order valence-electron chi connectivity index (χ3n) is 1.47. The lowest BCUT2D eigenvalue weighted by Crippen LogP contribution is -2.22. The second-order valence-corrected chi connectivity index (χ2v) is 5.29. The number of aliphatic imine (C=N–C) groups is 1. The summed E-state index contributed by atoms with van der Waals surface area (Å²) in [5.74, 6) is 0.960. The van der Waals surface area contributed by atoms with Crippen molar-refractivity contribution in [2.24, 2.45) is 4.99 Å². The van der Waals surface area contributed by atoms with Crippen LogP contribution in [0, 0.1) is 0 Å². The summed E-state index contributed by atoms with van der Waals surface area (Å²) in [6.07, 6.45) is 5.93. The monoisotopic (exact) mass is 306 g/mol. The van der Waals surface area contributed by atoms with Crippen molar-refractivity contribution in [2.75, 3.05) is 19.3 Å². The molecule has 19 heavy (non-hydrogen) atoms. The van der Waals surface area contributed by atoms with Crippen LogP contribution in [0.4, 0.5) is 0 Å². The summed E-state index contributed by atoms with van der Waals surface area (Å²) in [5, 5.41) is 2.74. The third-order valence-corrected chi connectivity index (χ3v) is 3.44. The van der Waals surface area contributed by atoms with Crippen LogP contribution in [-0.2, 0) is 4.79 Å². The van der Waals surface area contributed by atoms with E-state index in [-0.39, 0.29) is 5.91 Å². The molecule has 0 fully saturated rings. The highest BCUT2D eigenvalue weighted by molar-refractivity contribution is 8.81. The Morgan fingerprint density at radius 3 is 2.32 bits per heavy atom. The smallest absolute Gasteiger partial charge is 0.220 e. The fourth-order valence-electron chi connectivity index (χ4n) is 0.777. The minimum absolute atomic E-state index is 0.124. The number of hydrogen-bond acceptors (Lipinski definition) is 4. The highest BCUT2D eigenvalue weighted by atomic mass is 33.1. The molecule has 0 aliphatic carbocycles. The summed E-state index contributed by atoms with van der Waals surface area (Å²) in [7, 11) is 4.93. The number of nitrogens with zero attached hydrogens (tertiary/aromatic N) is 1. The van der Waals surface area contributed by atoms with Gasteiger partial charge in [-0.3, -0.25) is 9.79 Å². The summed E-state index contributed by atoms with van der Waals surface area (Å²) in [6, 6.07) is 0. The van der Waals surface area contributed by atoms with Crippen molar-refractivity contribution in [2.45, 2.75) is 47.5 Å². The maximum atomic E-state index is 10.9. The molecule has 0 saturated heterocycles. The molecule has 0 spiro atoms. The van der Waals surface area contributed by atoms with E-state index in [1.165, 1.54) is 0 Å². The molecule has 0 heterocycles. The van der Waals surface area contributed by atoms with Gasteiger partial charge in [-0.15, -0.1) is 0 Å². The fraction of sp³-hybridized carbons (Fsp3) is 0.714. The fourth-order valence-corrected chi connectivity index (χ4v) is 2.27. The predicted octanol–water partition coefficient (Wildman–Crippen LogP) is 4.55. The number of hydrogen-bond donors (Lipinski definition) is 1. The molecule has 0 aromatic rings. The average Bonchev–Trinajstić information content (AvgIpc) is 2.43. The Morgan fingerprint density at radius 1 is 1.32 bits per heavy atom. The Balaban J connectivity index is -0.000000307. The predicted molar refractivity (Wildman–Crippen MR) is 94.2 cm³/mol. The van der Waals surface area contributed by atoms with E-state index in [2.05, 4.69) is 29.4 Å². The minimum Gasteiger partial charge on any atom is -0.356 e. The summed E-state index contributed by atoms with van der Waals surface area (Å²) < 4.78 is 0. The van der Waals surface area contributed by atoms with Crippen LogP contribution < -0.4 is 5.32 Å². The van der Waals surface area contributed by atoms with Gasteiger partial charge in [0.1, 0.15) is 0 Å². The van der Waals surface area contributed by atoms with Gasteiger partial charge in [0.2, 0.25) is 5.91 Å². The zero-order valence-corrected chi connectivity index (χ0v) is 14.9. The minimum atomic E-state index is 0.124. The van der Waals surface area contributed by atoms with Crippen molar-refractivity contribution in [1.82, 2.24) is 5.32 Å². The van der Waals surface area contributed by atoms with Crippen molar-refractivity contribution in [3.8, 4) is 0 Å². The maximum absolute atomic E-state index is 10.9. The summed E-state index contributed by atoms with van der Waals surface area (Å²) in [4.78, 5) is 14.7. The van der Waals surface area contributed by atoms with E-state index in [1.54, 1.807) is 34.2 Å². The second-order valence-electron chi connectivity index (χ2n) is 2.96. The zero-order valence-electron chi connectivity index (χ0n) is 13.2. The third kappa shape index (κ3) is 31.8. The van der Waals surface area contributed by atoms with Crippen molar-refractivity contribution < 1.29 is 4.79 Å². The first-order valence-corrected chi connectivity index (χ1v) is 9.17. The molecule has 114 valence electrons. The van der Waals surface area contributed by atoms with Crippen LogP contribution in [0.2, 0.25) is 0 Å². The van der Waals surface area contributed by atoms with E-state index in [0.29, 0.717) is 13.0 Å². The molecule has 3 nitrogen and oxygen atoms in total. The number of allylic oxidation sites excluding steroid dienone is 2. The van der Waals surface area contributed by atoms with E-state index in [9.17, 15) is 4.79 Å². The van der Waals surface area contributed by atoms with Crippen LogP contribution in [0.5, 0.6) is 0 Å². The number of rotatable bonds is 7. The van der Waals surface area contributed by atoms with Crippen LogP contribution in [0.25, 0.3) is 0 Å². The van der Waals surface area contributed by atoms with E-state index in [1.807, 2.05) is 27.7 Å². The average molecular weight is 307 g/mol. The Labute approximate surface area is 127 Å². The lowest BCUT2D eigenvalue weighted by Gasteiger charge is -1.99. The summed E-state index contributed by atoms with van der Waals surface area (Å²) >= 11 is 0. The molecular weight excluding hydrogens is 276 g/mol. The van der Waals surface area contributed by atoms with E-state index >= 15 is 0 Å². The topological polar surface area (TPSA) is 41.5 Å². The van der Waals surface area contributed by atoms with E-state index in [0.717, 1.165) is 12.2 Å². The lowest BCUT2D eigenvalue weighted by atomic mass is 10.4. The molecule has 0 saturated carbocycles. The molecular formula is C14H30N2OS2. The molecule has 0 aromatic heterocycles. The molecule has 0 atom stereocenters. The van der Waals surface area contributed by atoms with Crippen molar-refractivity contribution >= 4 is 33.0 Å². The molecule has 5 heteroatoms. The summed E-state index contributed by atoms with van der Waals surface area (Å²) in [6.45, 7) is 10.8. The lowest BCUT2D eigenvalue weighted by molar-refractivity contribution is -0.120. The van der Waals surface area contributed by atoms with Crippen molar-refractivity contribution in [3.63, 3.8) is 0 Å². The molecule has 0 rings (SSSR count). The van der Waals surface area contributed by atoms with Gasteiger partial charge in [0.05, 0.1) is 5.55 Å². The first-order chi connectivity index (χ1) is 9.22. The van der Waals surface area contributed by atoms with Gasteiger partial charge in [-0.05, 0) is 31.1 Å². The first kappa shape index (κ1) is 23.7. The van der Waals surface area contributed by atoms with E-state index in [4.69, 9.17) is 0 Å². The molecule has 1 amide bonds. The molecule has 0 unspecified atom stereocenters. The molecule has 0 aliphatic rings. The molecule has 0 aromatic carbocycles. The molecule has 0 radical (unpaired) electrons. The highest BCUT2D eigenvalue weighted by Crippen LogP contribution is 2.18. The largest absolute Gasteiger partial charge is 0.356 e. The van der Waals surface area contributed by atoms with Gasteiger partial charge in [-0.1, -0.05) is 43.7 Å². The SMILES string of the molecule is C/C=C\CC.CC.CCNC(=O)CCSSC=NC. The number of carbonyl (C=O) groups is 1. The van der Waals surface area contributed by atoms with Gasteiger partial charge in [0.25, 0.3) is 0 Å².